The summed E-state index contributed by atoms with van der Waals surface area (Å²) in [5.74, 6) is 0.109. The number of likely N-dealkylation sites (N-methyl/N-ethyl adjacent to an activating group) is 1. The second-order valence-electron chi connectivity index (χ2n) is 10.5. The van der Waals surface area contributed by atoms with Crippen LogP contribution in [-0.2, 0) is 11.3 Å². The van der Waals surface area contributed by atoms with Gasteiger partial charge in [0.1, 0.15) is 12.4 Å². The minimum absolute atomic E-state index is 0.0317. The van der Waals surface area contributed by atoms with Crippen LogP contribution in [0, 0.1) is 5.92 Å². The number of rotatable bonds is 5. The van der Waals surface area contributed by atoms with Crippen LogP contribution in [0.4, 0.5) is 5.69 Å². The van der Waals surface area contributed by atoms with Crippen LogP contribution in [0.15, 0.2) is 67.0 Å². The molecule has 0 spiro atoms. The number of thiazole rings is 1. The number of carbonyl (C=O) groups excluding carboxylic acids is 2. The Balaban J connectivity index is 1.42. The van der Waals surface area contributed by atoms with E-state index in [1.807, 2.05) is 36.4 Å². The minimum atomic E-state index is -0.309. The van der Waals surface area contributed by atoms with Gasteiger partial charge >= 0.3 is 0 Å². The smallest absolute Gasteiger partial charge is 0.284 e. The van der Waals surface area contributed by atoms with Crippen molar-refractivity contribution in [2.45, 2.75) is 32.5 Å². The number of nitrogens with one attached hydrogen (secondary N) is 1. The van der Waals surface area contributed by atoms with Crippen molar-refractivity contribution in [1.29, 1.82) is 0 Å². The average molecular weight is 574 g/mol. The van der Waals surface area contributed by atoms with E-state index in [1.165, 1.54) is 11.3 Å². The lowest BCUT2D eigenvalue weighted by molar-refractivity contribution is 0.00921. The zero-order valence-electron chi connectivity index (χ0n) is 23.7. The molecule has 3 heterocycles. The number of ether oxygens (including phenoxy) is 2. The molecule has 0 radical (unpaired) electrons. The molecule has 2 aromatic carbocycles. The van der Waals surface area contributed by atoms with E-state index < -0.39 is 0 Å². The van der Waals surface area contributed by atoms with Crippen molar-refractivity contribution >= 4 is 39.1 Å². The van der Waals surface area contributed by atoms with Crippen molar-refractivity contribution in [1.82, 2.24) is 19.8 Å². The van der Waals surface area contributed by atoms with Crippen LogP contribution < -0.4 is 10.1 Å². The lowest BCUT2D eigenvalue weighted by Gasteiger charge is -2.36. The zero-order chi connectivity index (χ0) is 28.9. The second-order valence-corrected chi connectivity index (χ2v) is 11.6. The first-order chi connectivity index (χ1) is 19.8. The van der Waals surface area contributed by atoms with Crippen LogP contribution >= 0.6 is 11.3 Å². The van der Waals surface area contributed by atoms with Gasteiger partial charge in [-0.05, 0) is 54.8 Å². The van der Waals surface area contributed by atoms with Crippen LogP contribution in [0.3, 0.4) is 0 Å². The molecule has 3 atom stereocenters. The van der Waals surface area contributed by atoms with Gasteiger partial charge in [-0.25, -0.2) is 4.98 Å². The Labute approximate surface area is 244 Å². The molecule has 9 nitrogen and oxygen atoms in total. The molecule has 1 N–H and O–H groups in total. The van der Waals surface area contributed by atoms with Gasteiger partial charge in [0.2, 0.25) is 0 Å². The first-order valence-electron chi connectivity index (χ1n) is 13.7. The highest BCUT2D eigenvalue weighted by atomic mass is 32.1. The number of hydrogen-bond donors (Lipinski definition) is 1. The van der Waals surface area contributed by atoms with E-state index >= 15 is 0 Å². The van der Waals surface area contributed by atoms with Crippen LogP contribution in [0.1, 0.15) is 39.6 Å². The lowest BCUT2D eigenvalue weighted by Crippen LogP contribution is -2.46. The van der Waals surface area contributed by atoms with E-state index in [0.717, 1.165) is 28.9 Å². The predicted octanol–water partition coefficient (Wildman–Crippen LogP) is 4.95. The van der Waals surface area contributed by atoms with Crippen molar-refractivity contribution in [3.63, 3.8) is 0 Å². The fraction of sp³-hybridized carbons (Fsp3) is 0.355. The predicted molar refractivity (Wildman–Crippen MR) is 161 cm³/mol. The number of aromatic nitrogens is 2. The number of amides is 2. The number of para-hydroxylation sites is 1. The highest BCUT2D eigenvalue weighted by Gasteiger charge is 2.28. The number of anilines is 1. The molecule has 0 bridgehead atoms. The molecule has 1 aliphatic heterocycles. The normalized spacial score (nSPS) is 20.5. The molecule has 214 valence electrons. The summed E-state index contributed by atoms with van der Waals surface area (Å²) in [6.45, 7) is 6.55. The molecular formula is C31H35N5O4S. The third-order valence-corrected chi connectivity index (χ3v) is 8.49. The van der Waals surface area contributed by atoms with Crippen LogP contribution in [0.2, 0.25) is 0 Å². The van der Waals surface area contributed by atoms with Crippen molar-refractivity contribution < 1.29 is 19.1 Å². The highest BCUT2D eigenvalue weighted by molar-refractivity contribution is 7.20. The van der Waals surface area contributed by atoms with E-state index in [9.17, 15) is 9.59 Å². The number of benzene rings is 2. The maximum absolute atomic E-state index is 13.5. The number of methoxy groups -OCH3 is 1. The largest absolute Gasteiger partial charge is 0.491 e. The van der Waals surface area contributed by atoms with Crippen molar-refractivity contribution in [3.8, 4) is 5.75 Å². The number of fused-ring (bicyclic) bond motifs is 2. The number of hydrogen-bond acceptors (Lipinski definition) is 8. The summed E-state index contributed by atoms with van der Waals surface area (Å²) in [5, 5.41) is 3.30. The first kappa shape index (κ1) is 28.7. The molecule has 10 heteroatoms. The zero-order valence-corrected chi connectivity index (χ0v) is 24.6. The Kier molecular flexibility index (Phi) is 8.92. The summed E-state index contributed by atoms with van der Waals surface area (Å²) in [5.41, 5.74) is 2.90. The highest BCUT2D eigenvalue weighted by Crippen LogP contribution is 2.28. The average Bonchev–Trinajstić information content (AvgIpc) is 3.43. The summed E-state index contributed by atoms with van der Waals surface area (Å²) in [4.78, 5) is 39.2. The van der Waals surface area contributed by atoms with Gasteiger partial charge < -0.3 is 19.7 Å². The van der Waals surface area contributed by atoms with Crippen molar-refractivity contribution in [2.75, 3.05) is 39.2 Å². The van der Waals surface area contributed by atoms with E-state index in [2.05, 4.69) is 34.0 Å². The van der Waals surface area contributed by atoms with Crippen LogP contribution in [0.5, 0.6) is 5.75 Å². The molecule has 4 aromatic rings. The van der Waals surface area contributed by atoms with E-state index in [-0.39, 0.29) is 29.9 Å². The monoisotopic (exact) mass is 573 g/mol. The van der Waals surface area contributed by atoms with Gasteiger partial charge in [-0.15, -0.1) is 11.3 Å². The Bertz CT molecular complexity index is 1480. The fourth-order valence-corrected chi connectivity index (χ4v) is 5.88. The summed E-state index contributed by atoms with van der Waals surface area (Å²) < 4.78 is 13.1. The third kappa shape index (κ3) is 6.73. The maximum Gasteiger partial charge on any atom is 0.284 e. The quantitative estimate of drug-likeness (QED) is 0.361. The molecule has 41 heavy (non-hydrogen) atoms. The Morgan fingerprint density at radius 2 is 1.90 bits per heavy atom. The molecule has 0 aliphatic carbocycles. The van der Waals surface area contributed by atoms with Crippen molar-refractivity contribution in [3.05, 3.63) is 83.1 Å². The first-order valence-corrected chi connectivity index (χ1v) is 14.5. The fourth-order valence-electron chi connectivity index (χ4n) is 5.02. The van der Waals surface area contributed by atoms with E-state index in [1.54, 1.807) is 49.7 Å². The molecule has 0 saturated carbocycles. The van der Waals surface area contributed by atoms with E-state index in [0.29, 0.717) is 35.2 Å². The minimum Gasteiger partial charge on any atom is -0.491 e. The van der Waals surface area contributed by atoms with Crippen molar-refractivity contribution in [2.24, 2.45) is 5.92 Å². The second kappa shape index (κ2) is 12.8. The van der Waals surface area contributed by atoms with E-state index in [4.69, 9.17) is 9.47 Å². The number of nitrogens with zero attached hydrogens (tertiary/aromatic N) is 4. The summed E-state index contributed by atoms with van der Waals surface area (Å²) in [7, 11) is 3.47. The molecule has 0 fully saturated rings. The summed E-state index contributed by atoms with van der Waals surface area (Å²) >= 11 is 1.34. The Morgan fingerprint density at radius 3 is 2.66 bits per heavy atom. The van der Waals surface area contributed by atoms with Gasteiger partial charge in [-0.2, -0.15) is 0 Å². The van der Waals surface area contributed by atoms with Crippen LogP contribution in [-0.4, -0.2) is 77.6 Å². The van der Waals surface area contributed by atoms with Crippen LogP contribution in [0.25, 0.3) is 10.2 Å². The van der Waals surface area contributed by atoms with Gasteiger partial charge in [0.05, 0.1) is 21.9 Å². The third-order valence-electron chi connectivity index (χ3n) is 7.46. The lowest BCUT2D eigenvalue weighted by atomic mass is 10.0. The molecule has 2 aromatic heterocycles. The molecule has 1 aliphatic rings. The Hall–Kier alpha value is -3.86. The summed E-state index contributed by atoms with van der Waals surface area (Å²) in [6, 6.07) is 16.9. The standard InChI is InChI=1S/C31H35N5O4S/c1-20-16-36(17-22-11-13-32-14-12-22)21(2)19-40-26-15-23(9-10-24(26)31(38)35(3)18-27(20)39-4)33-29(37)30-34-25-7-5-6-8-28(25)41-30/h5-15,20-21,27H,16-19H2,1-4H3,(H,33,37)/t20-,21+,27+/m0/s1. The molecule has 0 saturated heterocycles. The molecule has 0 unspecified atom stereocenters. The van der Waals surface area contributed by atoms with Gasteiger partial charge in [0.25, 0.3) is 11.8 Å². The maximum atomic E-state index is 13.5. The summed E-state index contributed by atoms with van der Waals surface area (Å²) in [6.07, 6.45) is 3.46. The number of pyridine rings is 1. The molecular weight excluding hydrogens is 538 g/mol. The molecule has 5 rings (SSSR count). The molecule has 2 amide bonds. The van der Waals surface area contributed by atoms with Gasteiger partial charge in [-0.1, -0.05) is 19.1 Å². The van der Waals surface area contributed by atoms with Gasteiger partial charge in [0.15, 0.2) is 5.01 Å². The number of carbonyl (C=O) groups is 2. The topological polar surface area (TPSA) is 96.9 Å². The van der Waals surface area contributed by atoms with Gasteiger partial charge in [-0.3, -0.25) is 19.5 Å². The SMILES string of the molecule is CO[C@@H]1CN(C)C(=O)c2ccc(NC(=O)c3nc4ccccc4s3)cc2OC[C@@H](C)N(Cc2ccncc2)C[C@@H]1C. The Morgan fingerprint density at radius 1 is 1.12 bits per heavy atom. The van der Waals surface area contributed by atoms with Gasteiger partial charge in [0, 0.05) is 64.0 Å².